The van der Waals surface area contributed by atoms with Gasteiger partial charge in [0, 0.05) is 0 Å². The first kappa shape index (κ1) is 21.9. The second-order valence-corrected chi connectivity index (χ2v) is 11.0. The maximum atomic E-state index is 2.50. The van der Waals surface area contributed by atoms with Crippen LogP contribution in [0.4, 0.5) is 0 Å². The van der Waals surface area contributed by atoms with E-state index in [1.807, 2.05) is 0 Å². The van der Waals surface area contributed by atoms with E-state index in [9.17, 15) is 0 Å². The molecule has 0 aromatic heterocycles. The molecule has 0 spiro atoms. The zero-order valence-corrected chi connectivity index (χ0v) is 20.5. The van der Waals surface area contributed by atoms with Crippen molar-refractivity contribution in [3.8, 4) is 0 Å². The van der Waals surface area contributed by atoms with Gasteiger partial charge < -0.3 is 0 Å². The summed E-state index contributed by atoms with van der Waals surface area (Å²) in [5, 5.41) is 5.72. The highest BCUT2D eigenvalue weighted by molar-refractivity contribution is 6.06. The van der Waals surface area contributed by atoms with Crippen LogP contribution >= 0.6 is 0 Å². The highest BCUT2D eigenvalue weighted by atomic mass is 14.3. The van der Waals surface area contributed by atoms with Crippen LogP contribution in [0.5, 0.6) is 0 Å². The summed E-state index contributed by atoms with van der Waals surface area (Å²) in [6.07, 6.45) is 0. The minimum atomic E-state index is 0.147. The van der Waals surface area contributed by atoms with Crippen LogP contribution in [0.25, 0.3) is 21.5 Å². The Hall–Kier alpha value is -1.82. The van der Waals surface area contributed by atoms with Crippen LogP contribution in [0.15, 0.2) is 24.3 Å². The Morgan fingerprint density at radius 3 is 1.14 bits per heavy atom. The first-order valence-corrected chi connectivity index (χ1v) is 11.4. The lowest BCUT2D eigenvalue weighted by atomic mass is 9.77. The van der Waals surface area contributed by atoms with Gasteiger partial charge >= 0.3 is 0 Å². The Morgan fingerprint density at radius 2 is 0.828 bits per heavy atom. The van der Waals surface area contributed by atoms with Crippen molar-refractivity contribution in [2.24, 2.45) is 0 Å². The molecule has 0 saturated carbocycles. The molecule has 3 aromatic rings. The fourth-order valence-corrected chi connectivity index (χ4v) is 4.91. The van der Waals surface area contributed by atoms with Gasteiger partial charge in [0.05, 0.1) is 0 Å². The molecule has 0 heteroatoms. The SMILES string of the molecule is Cc1c2cc(C(C)C)c(C(C)C)cc2c(C)c2cc(C(C)(C)C)c(C(C)C)cc12. The monoisotopic (exact) mass is 388 g/mol. The first-order valence-electron chi connectivity index (χ1n) is 11.4. The van der Waals surface area contributed by atoms with E-state index in [0.717, 1.165) is 0 Å². The molecule has 0 nitrogen and oxygen atoms in total. The second kappa shape index (κ2) is 7.46. The van der Waals surface area contributed by atoms with Gasteiger partial charge in [-0.3, -0.25) is 0 Å². The van der Waals surface area contributed by atoms with E-state index in [1.165, 1.54) is 54.9 Å². The van der Waals surface area contributed by atoms with E-state index in [-0.39, 0.29) is 5.41 Å². The van der Waals surface area contributed by atoms with Gasteiger partial charge in [0.25, 0.3) is 0 Å². The molecule has 29 heavy (non-hydrogen) atoms. The molecule has 156 valence electrons. The molecule has 0 N–H and O–H groups in total. The quantitative estimate of drug-likeness (QED) is 0.392. The van der Waals surface area contributed by atoms with Crippen LogP contribution in [-0.4, -0.2) is 0 Å². The average Bonchev–Trinajstić information content (AvgIpc) is 2.62. The van der Waals surface area contributed by atoms with Crippen LogP contribution < -0.4 is 0 Å². The van der Waals surface area contributed by atoms with Gasteiger partial charge in [-0.15, -0.1) is 0 Å². The zero-order valence-electron chi connectivity index (χ0n) is 20.5. The van der Waals surface area contributed by atoms with Gasteiger partial charge in [-0.25, -0.2) is 0 Å². The summed E-state index contributed by atoms with van der Waals surface area (Å²) in [7, 11) is 0. The molecule has 0 fully saturated rings. The van der Waals surface area contributed by atoms with E-state index in [1.54, 1.807) is 0 Å². The van der Waals surface area contributed by atoms with Gasteiger partial charge in [-0.1, -0.05) is 86.6 Å². The highest BCUT2D eigenvalue weighted by Gasteiger charge is 2.23. The van der Waals surface area contributed by atoms with Crippen LogP contribution in [0.3, 0.4) is 0 Å². The summed E-state index contributed by atoms with van der Waals surface area (Å²) >= 11 is 0. The molecular weight excluding hydrogens is 348 g/mol. The molecule has 0 aliphatic rings. The summed E-state index contributed by atoms with van der Waals surface area (Å²) in [6, 6.07) is 9.97. The molecule has 0 bridgehead atoms. The van der Waals surface area contributed by atoms with Crippen LogP contribution in [0, 0.1) is 13.8 Å². The predicted molar refractivity (Wildman–Crippen MR) is 132 cm³/mol. The van der Waals surface area contributed by atoms with Gasteiger partial charge in [-0.2, -0.15) is 0 Å². The number of fused-ring (bicyclic) bond motifs is 2. The minimum absolute atomic E-state index is 0.147. The van der Waals surface area contributed by atoms with Crippen molar-refractivity contribution in [2.75, 3.05) is 0 Å². The van der Waals surface area contributed by atoms with E-state index in [0.29, 0.717) is 17.8 Å². The number of hydrogen-bond acceptors (Lipinski definition) is 0. The second-order valence-electron chi connectivity index (χ2n) is 11.0. The third kappa shape index (κ3) is 3.72. The molecule has 0 atom stereocenters. The van der Waals surface area contributed by atoms with Gasteiger partial charge in [0.2, 0.25) is 0 Å². The van der Waals surface area contributed by atoms with Gasteiger partial charge in [0.15, 0.2) is 0 Å². The molecule has 3 rings (SSSR count). The lowest BCUT2D eigenvalue weighted by molar-refractivity contribution is 0.578. The Bertz CT molecular complexity index is 1070. The van der Waals surface area contributed by atoms with Gasteiger partial charge in [-0.05, 0) is 91.9 Å². The van der Waals surface area contributed by atoms with E-state index < -0.39 is 0 Å². The maximum absolute atomic E-state index is 2.50. The summed E-state index contributed by atoms with van der Waals surface area (Å²) in [5.74, 6) is 1.61. The minimum Gasteiger partial charge on any atom is -0.0587 e. The predicted octanol–water partition coefficient (Wildman–Crippen LogP) is 9.28. The van der Waals surface area contributed by atoms with Crippen LogP contribution in [0.2, 0.25) is 0 Å². The number of benzene rings is 3. The van der Waals surface area contributed by atoms with Crippen LogP contribution in [-0.2, 0) is 5.41 Å². The molecule has 0 unspecified atom stereocenters. The fraction of sp³-hybridized carbons (Fsp3) is 0.517. The van der Waals surface area contributed by atoms with E-state index in [2.05, 4.69) is 100 Å². The van der Waals surface area contributed by atoms with Crippen molar-refractivity contribution in [1.82, 2.24) is 0 Å². The lowest BCUT2D eigenvalue weighted by Gasteiger charge is -2.27. The summed E-state index contributed by atoms with van der Waals surface area (Å²) < 4.78 is 0. The number of hydrogen-bond donors (Lipinski definition) is 0. The average molecular weight is 389 g/mol. The first-order chi connectivity index (χ1) is 13.3. The third-order valence-electron chi connectivity index (χ3n) is 6.70. The Labute approximate surface area is 178 Å². The van der Waals surface area contributed by atoms with Crippen molar-refractivity contribution in [3.05, 3.63) is 57.6 Å². The fourth-order valence-electron chi connectivity index (χ4n) is 4.91. The standard InChI is InChI=1S/C29H40/c1-16(2)21-12-24-19(7)26-14-23(18(5)6)28(29(9,10)11)15-27(26)20(8)25(24)13-22(21)17(3)4/h12-18H,1-11H3. The Balaban J connectivity index is 2.52. The molecular formula is C29H40. The van der Waals surface area contributed by atoms with E-state index in [4.69, 9.17) is 0 Å². The zero-order chi connectivity index (χ0) is 21.8. The highest BCUT2D eigenvalue weighted by Crippen LogP contribution is 2.41. The summed E-state index contributed by atoms with van der Waals surface area (Å²) in [5.41, 5.74) is 9.00. The Kier molecular flexibility index (Phi) is 5.63. The lowest BCUT2D eigenvalue weighted by Crippen LogP contribution is -2.15. The van der Waals surface area contributed by atoms with Crippen molar-refractivity contribution in [3.63, 3.8) is 0 Å². The largest absolute Gasteiger partial charge is 0.0587 e. The normalized spacial score (nSPS) is 12.9. The smallest absolute Gasteiger partial charge is 0.0129 e. The number of rotatable bonds is 3. The van der Waals surface area contributed by atoms with Crippen molar-refractivity contribution in [2.45, 2.75) is 99.3 Å². The van der Waals surface area contributed by atoms with Crippen molar-refractivity contribution < 1.29 is 0 Å². The number of aryl methyl sites for hydroxylation is 2. The molecule has 0 heterocycles. The maximum Gasteiger partial charge on any atom is -0.0129 e. The molecule has 0 aliphatic carbocycles. The molecule has 0 radical (unpaired) electrons. The molecule has 3 aromatic carbocycles. The van der Waals surface area contributed by atoms with Crippen molar-refractivity contribution >= 4 is 21.5 Å². The van der Waals surface area contributed by atoms with Gasteiger partial charge in [0.1, 0.15) is 0 Å². The third-order valence-corrected chi connectivity index (χ3v) is 6.70. The molecule has 0 amide bonds. The Morgan fingerprint density at radius 1 is 0.517 bits per heavy atom. The van der Waals surface area contributed by atoms with Crippen LogP contribution in [0.1, 0.15) is 113 Å². The summed E-state index contributed by atoms with van der Waals surface area (Å²) in [6.45, 7) is 25.6. The van der Waals surface area contributed by atoms with E-state index >= 15 is 0 Å². The summed E-state index contributed by atoms with van der Waals surface area (Å²) in [4.78, 5) is 0. The van der Waals surface area contributed by atoms with Crippen molar-refractivity contribution in [1.29, 1.82) is 0 Å². The molecule has 0 aliphatic heterocycles. The molecule has 0 saturated heterocycles. The topological polar surface area (TPSA) is 0 Å².